The molecule has 2 rings (SSSR count). The van der Waals surface area contributed by atoms with E-state index in [4.69, 9.17) is 16.3 Å². The van der Waals surface area contributed by atoms with Crippen LogP contribution in [0, 0.1) is 0 Å². The van der Waals surface area contributed by atoms with E-state index < -0.39 is 0 Å². The predicted octanol–water partition coefficient (Wildman–Crippen LogP) is 3.26. The minimum absolute atomic E-state index is 0.104. The molecule has 0 saturated carbocycles. The second-order valence-electron chi connectivity index (χ2n) is 5.74. The third-order valence-electron chi connectivity index (χ3n) is 3.69. The summed E-state index contributed by atoms with van der Waals surface area (Å²) in [4.78, 5) is 11.2. The van der Waals surface area contributed by atoms with Crippen LogP contribution in [0.1, 0.15) is 45.4 Å². The zero-order valence-corrected chi connectivity index (χ0v) is 12.9. The molecule has 1 atom stereocenters. The molecule has 1 aromatic rings. The topological polar surface area (TPSA) is 38.2 Å². The molecule has 1 unspecified atom stereocenters. The first-order chi connectivity index (χ1) is 8.93. The summed E-state index contributed by atoms with van der Waals surface area (Å²) in [6.45, 7) is 8.12. The van der Waals surface area contributed by atoms with Crippen LogP contribution in [-0.2, 0) is 4.74 Å². The Morgan fingerprint density at radius 1 is 1.42 bits per heavy atom. The number of ether oxygens (including phenoxy) is 1. The highest BCUT2D eigenvalue weighted by Gasteiger charge is 2.31. The molecule has 2 heterocycles. The minimum atomic E-state index is -0.104. The molecule has 0 aliphatic carbocycles. The summed E-state index contributed by atoms with van der Waals surface area (Å²) in [5, 5.41) is 0.512. The van der Waals surface area contributed by atoms with Gasteiger partial charge in [-0.25, -0.2) is 9.97 Å². The van der Waals surface area contributed by atoms with Gasteiger partial charge >= 0.3 is 0 Å². The highest BCUT2D eigenvalue weighted by atomic mass is 35.5. The summed E-state index contributed by atoms with van der Waals surface area (Å²) in [7, 11) is 1.77. The molecule has 4 nitrogen and oxygen atoms in total. The Bertz CT molecular complexity index is 452. The molecular weight excluding hydrogens is 262 g/mol. The SMILES string of the molecule is COC1(C)CCCN(c2cc(Cl)nc(C(C)C)n2)C1. The number of piperidine rings is 1. The van der Waals surface area contributed by atoms with Crippen LogP contribution < -0.4 is 4.90 Å². The van der Waals surface area contributed by atoms with Crippen molar-refractivity contribution in [2.75, 3.05) is 25.1 Å². The van der Waals surface area contributed by atoms with Crippen molar-refractivity contribution < 1.29 is 4.74 Å². The first-order valence-electron chi connectivity index (χ1n) is 6.78. The lowest BCUT2D eigenvalue weighted by Crippen LogP contribution is -2.47. The van der Waals surface area contributed by atoms with Crippen LogP contribution in [0.3, 0.4) is 0 Å². The number of halogens is 1. The van der Waals surface area contributed by atoms with Crippen molar-refractivity contribution >= 4 is 17.4 Å². The third-order valence-corrected chi connectivity index (χ3v) is 3.88. The Morgan fingerprint density at radius 3 is 2.79 bits per heavy atom. The first-order valence-corrected chi connectivity index (χ1v) is 7.16. The zero-order chi connectivity index (χ0) is 14.0. The van der Waals surface area contributed by atoms with Gasteiger partial charge in [0.1, 0.15) is 16.8 Å². The van der Waals surface area contributed by atoms with Gasteiger partial charge in [-0.1, -0.05) is 25.4 Å². The van der Waals surface area contributed by atoms with E-state index in [1.165, 1.54) is 0 Å². The molecule has 0 N–H and O–H groups in total. The average Bonchev–Trinajstić information content (AvgIpc) is 2.38. The van der Waals surface area contributed by atoms with Crippen molar-refractivity contribution in [3.8, 4) is 0 Å². The lowest BCUT2D eigenvalue weighted by molar-refractivity contribution is -0.00482. The van der Waals surface area contributed by atoms with Crippen LogP contribution in [0.15, 0.2) is 6.07 Å². The van der Waals surface area contributed by atoms with Gasteiger partial charge in [-0.2, -0.15) is 0 Å². The van der Waals surface area contributed by atoms with Gasteiger partial charge < -0.3 is 9.64 Å². The number of methoxy groups -OCH3 is 1. The van der Waals surface area contributed by atoms with Gasteiger partial charge in [0.05, 0.1) is 5.60 Å². The number of hydrogen-bond donors (Lipinski definition) is 0. The van der Waals surface area contributed by atoms with E-state index in [9.17, 15) is 0 Å². The van der Waals surface area contributed by atoms with Crippen molar-refractivity contribution in [2.45, 2.75) is 45.1 Å². The molecule has 19 heavy (non-hydrogen) atoms. The Morgan fingerprint density at radius 2 is 2.16 bits per heavy atom. The van der Waals surface area contributed by atoms with Crippen LogP contribution >= 0.6 is 11.6 Å². The van der Waals surface area contributed by atoms with E-state index in [2.05, 4.69) is 35.6 Å². The quantitative estimate of drug-likeness (QED) is 0.798. The van der Waals surface area contributed by atoms with Gasteiger partial charge in [0, 0.05) is 32.2 Å². The van der Waals surface area contributed by atoms with Gasteiger partial charge in [0.15, 0.2) is 0 Å². The van der Waals surface area contributed by atoms with Gasteiger partial charge in [0.2, 0.25) is 0 Å². The maximum absolute atomic E-state index is 6.11. The molecule has 1 aliphatic heterocycles. The van der Waals surface area contributed by atoms with Crippen molar-refractivity contribution in [1.82, 2.24) is 9.97 Å². The number of rotatable bonds is 3. The van der Waals surface area contributed by atoms with Crippen molar-refractivity contribution in [3.05, 3.63) is 17.0 Å². The Labute approximate surface area is 120 Å². The normalized spacial score (nSPS) is 24.0. The van der Waals surface area contributed by atoms with Crippen molar-refractivity contribution in [1.29, 1.82) is 0 Å². The average molecular weight is 284 g/mol. The number of nitrogens with zero attached hydrogens (tertiary/aromatic N) is 3. The summed E-state index contributed by atoms with van der Waals surface area (Å²) >= 11 is 6.11. The largest absolute Gasteiger partial charge is 0.377 e. The second kappa shape index (κ2) is 5.63. The highest BCUT2D eigenvalue weighted by molar-refractivity contribution is 6.29. The lowest BCUT2D eigenvalue weighted by atomic mass is 9.95. The van der Waals surface area contributed by atoms with E-state index in [1.54, 1.807) is 7.11 Å². The Balaban J connectivity index is 2.26. The fourth-order valence-electron chi connectivity index (χ4n) is 2.41. The third kappa shape index (κ3) is 3.37. The zero-order valence-electron chi connectivity index (χ0n) is 12.1. The molecule has 0 bridgehead atoms. The molecule has 1 aliphatic rings. The standard InChI is InChI=1S/C14H22ClN3O/c1-10(2)13-16-11(15)8-12(17-13)18-7-5-6-14(3,9-18)19-4/h8,10H,5-7,9H2,1-4H3. The Kier molecular flexibility index (Phi) is 4.31. The fraction of sp³-hybridized carbons (Fsp3) is 0.714. The summed E-state index contributed by atoms with van der Waals surface area (Å²) < 4.78 is 5.62. The molecule has 0 spiro atoms. The Hall–Kier alpha value is -0.870. The van der Waals surface area contributed by atoms with Crippen molar-refractivity contribution in [2.24, 2.45) is 0 Å². The molecule has 0 amide bonds. The van der Waals surface area contributed by atoms with E-state index in [0.717, 1.165) is 37.6 Å². The van der Waals surface area contributed by atoms with Crippen LogP contribution in [0.4, 0.5) is 5.82 Å². The molecule has 106 valence electrons. The smallest absolute Gasteiger partial charge is 0.135 e. The van der Waals surface area contributed by atoms with Gasteiger partial charge in [-0.15, -0.1) is 0 Å². The molecule has 1 fully saturated rings. The van der Waals surface area contributed by atoms with Crippen LogP contribution in [0.25, 0.3) is 0 Å². The molecule has 5 heteroatoms. The maximum Gasteiger partial charge on any atom is 0.135 e. The first kappa shape index (κ1) is 14.5. The van der Waals surface area contributed by atoms with E-state index in [-0.39, 0.29) is 11.5 Å². The molecule has 1 saturated heterocycles. The van der Waals surface area contributed by atoms with Crippen LogP contribution in [-0.4, -0.2) is 35.8 Å². The van der Waals surface area contributed by atoms with E-state index in [0.29, 0.717) is 5.15 Å². The predicted molar refractivity (Wildman–Crippen MR) is 78.0 cm³/mol. The second-order valence-corrected chi connectivity index (χ2v) is 6.13. The van der Waals surface area contributed by atoms with E-state index >= 15 is 0 Å². The summed E-state index contributed by atoms with van der Waals surface area (Å²) in [5.41, 5.74) is -0.104. The number of hydrogen-bond acceptors (Lipinski definition) is 4. The van der Waals surface area contributed by atoms with Gasteiger partial charge in [-0.05, 0) is 19.8 Å². The number of aromatic nitrogens is 2. The van der Waals surface area contributed by atoms with Crippen molar-refractivity contribution in [3.63, 3.8) is 0 Å². The maximum atomic E-state index is 6.11. The molecule has 0 aromatic carbocycles. The molecule has 0 radical (unpaired) electrons. The molecular formula is C14H22ClN3O. The summed E-state index contributed by atoms with van der Waals surface area (Å²) in [5.74, 6) is 1.98. The lowest BCUT2D eigenvalue weighted by Gasteiger charge is -2.40. The number of anilines is 1. The highest BCUT2D eigenvalue weighted by Crippen LogP contribution is 2.28. The fourth-order valence-corrected chi connectivity index (χ4v) is 2.60. The van der Waals surface area contributed by atoms with Crippen LogP contribution in [0.5, 0.6) is 0 Å². The van der Waals surface area contributed by atoms with E-state index in [1.807, 2.05) is 6.07 Å². The van der Waals surface area contributed by atoms with Gasteiger partial charge in [0.25, 0.3) is 0 Å². The van der Waals surface area contributed by atoms with Crippen LogP contribution in [0.2, 0.25) is 5.15 Å². The summed E-state index contributed by atoms with van der Waals surface area (Å²) in [6, 6.07) is 1.84. The molecule has 1 aromatic heterocycles. The monoisotopic (exact) mass is 283 g/mol. The summed E-state index contributed by atoms with van der Waals surface area (Å²) in [6.07, 6.45) is 2.18. The van der Waals surface area contributed by atoms with Gasteiger partial charge in [-0.3, -0.25) is 0 Å². The minimum Gasteiger partial charge on any atom is -0.377 e.